The largest absolute Gasteiger partial charge is 0.353 e. The maximum atomic E-state index is 5.58. The predicted octanol–water partition coefficient (Wildman–Crippen LogP) is 4.10. The smallest absolute Gasteiger partial charge is 0.157 e. The summed E-state index contributed by atoms with van der Waals surface area (Å²) >= 11 is 2.48. The van der Waals surface area contributed by atoms with Gasteiger partial charge in [-0.25, -0.2) is 0 Å². The first-order valence-corrected chi connectivity index (χ1v) is 11.3. The maximum absolute atomic E-state index is 5.58. The SMILES string of the molecule is PP(I)CCC=CCOC1CCCCO1. The van der Waals surface area contributed by atoms with E-state index < -0.39 is 0 Å². The zero-order chi connectivity index (χ0) is 10.9. The van der Waals surface area contributed by atoms with Gasteiger partial charge in [0.2, 0.25) is 0 Å². The number of allylic oxidation sites excluding steroid dienone is 1. The van der Waals surface area contributed by atoms with Gasteiger partial charge in [0, 0.05) is 6.61 Å². The minimum atomic E-state index is 0.0480. The molecule has 0 aromatic heterocycles. The van der Waals surface area contributed by atoms with Crippen molar-refractivity contribution in [2.45, 2.75) is 32.0 Å². The summed E-state index contributed by atoms with van der Waals surface area (Å²) in [5.41, 5.74) is 0. The van der Waals surface area contributed by atoms with E-state index in [1.54, 1.807) is 0 Å². The van der Waals surface area contributed by atoms with Crippen molar-refractivity contribution >= 4 is 36.2 Å². The van der Waals surface area contributed by atoms with Crippen molar-refractivity contribution in [3.8, 4) is 0 Å². The molecule has 5 heteroatoms. The molecule has 15 heavy (non-hydrogen) atoms. The lowest BCUT2D eigenvalue weighted by atomic mass is 10.2. The van der Waals surface area contributed by atoms with Crippen LogP contribution in [0.5, 0.6) is 0 Å². The van der Waals surface area contributed by atoms with Crippen LogP contribution in [0.4, 0.5) is 0 Å². The number of ether oxygens (including phenoxy) is 2. The fourth-order valence-corrected chi connectivity index (χ4v) is 3.07. The molecule has 2 nitrogen and oxygen atoms in total. The van der Waals surface area contributed by atoms with E-state index in [-0.39, 0.29) is 11.5 Å². The Labute approximate surface area is 109 Å². The van der Waals surface area contributed by atoms with Gasteiger partial charge in [-0.3, -0.25) is 0 Å². The van der Waals surface area contributed by atoms with E-state index >= 15 is 0 Å². The van der Waals surface area contributed by atoms with Crippen LogP contribution in [0.1, 0.15) is 25.7 Å². The van der Waals surface area contributed by atoms with Gasteiger partial charge in [0.25, 0.3) is 0 Å². The summed E-state index contributed by atoms with van der Waals surface area (Å²) in [7, 11) is 2.87. The van der Waals surface area contributed by atoms with Crippen molar-refractivity contribution in [3.63, 3.8) is 0 Å². The van der Waals surface area contributed by atoms with Crippen molar-refractivity contribution in [2.24, 2.45) is 0 Å². The second-order valence-corrected chi connectivity index (χ2v) is 13.5. The van der Waals surface area contributed by atoms with Gasteiger partial charge < -0.3 is 9.47 Å². The van der Waals surface area contributed by atoms with Crippen molar-refractivity contribution < 1.29 is 9.47 Å². The standard InChI is InChI=1S/C10H19IO2P2/c11-15(14)9-5-1-3-7-12-10-6-2-4-8-13-10/h1,3,10H,2,4-9,14H2. The highest BCUT2D eigenvalue weighted by molar-refractivity contribution is 14.2. The van der Waals surface area contributed by atoms with E-state index in [0.717, 1.165) is 19.4 Å². The van der Waals surface area contributed by atoms with Gasteiger partial charge in [0.05, 0.1) is 6.61 Å². The van der Waals surface area contributed by atoms with Crippen molar-refractivity contribution in [1.29, 1.82) is 0 Å². The molecule has 3 unspecified atom stereocenters. The molecular formula is C10H19IO2P2. The molecule has 0 aliphatic carbocycles. The molecule has 1 aliphatic rings. The number of rotatable bonds is 6. The fraction of sp³-hybridized carbons (Fsp3) is 0.800. The third-order valence-corrected chi connectivity index (χ3v) is 5.10. The second kappa shape index (κ2) is 9.30. The van der Waals surface area contributed by atoms with Gasteiger partial charge >= 0.3 is 0 Å². The summed E-state index contributed by atoms with van der Waals surface area (Å²) < 4.78 is 11.0. The topological polar surface area (TPSA) is 18.5 Å². The van der Waals surface area contributed by atoms with Crippen LogP contribution in [0.15, 0.2) is 12.2 Å². The molecule has 0 aromatic rings. The average molecular weight is 360 g/mol. The summed E-state index contributed by atoms with van der Waals surface area (Å²) in [6, 6.07) is 0. The number of halogens is 1. The Bertz CT molecular complexity index is 182. The molecule has 0 bridgehead atoms. The molecule has 1 fully saturated rings. The van der Waals surface area contributed by atoms with Crippen LogP contribution in [0.3, 0.4) is 0 Å². The van der Waals surface area contributed by atoms with Crippen LogP contribution >= 0.6 is 36.2 Å². The number of hydrogen-bond acceptors (Lipinski definition) is 2. The molecule has 1 heterocycles. The fourth-order valence-electron chi connectivity index (χ4n) is 1.39. The van der Waals surface area contributed by atoms with Crippen LogP contribution in [0.25, 0.3) is 0 Å². The summed E-state index contributed by atoms with van der Waals surface area (Å²) in [4.78, 5) is 0. The molecule has 0 aromatic carbocycles. The Balaban J connectivity index is 1.95. The van der Waals surface area contributed by atoms with E-state index in [1.807, 2.05) is 0 Å². The predicted molar refractivity (Wildman–Crippen MR) is 78.8 cm³/mol. The van der Waals surface area contributed by atoms with E-state index in [1.165, 1.54) is 19.0 Å². The van der Waals surface area contributed by atoms with Crippen LogP contribution < -0.4 is 0 Å². The highest BCUT2D eigenvalue weighted by atomic mass is 127. The van der Waals surface area contributed by atoms with Gasteiger partial charge in [-0.05, 0) is 59.1 Å². The van der Waals surface area contributed by atoms with Gasteiger partial charge in [0.15, 0.2) is 6.29 Å². The van der Waals surface area contributed by atoms with E-state index in [4.69, 9.17) is 9.47 Å². The Kier molecular flexibility index (Phi) is 8.87. The molecule has 1 saturated heterocycles. The third-order valence-electron chi connectivity index (χ3n) is 2.19. The van der Waals surface area contributed by atoms with Gasteiger partial charge in [-0.1, -0.05) is 12.2 Å². The third kappa shape index (κ3) is 8.04. The molecule has 0 saturated carbocycles. The van der Waals surface area contributed by atoms with Gasteiger partial charge in [-0.2, -0.15) is 0 Å². The quantitative estimate of drug-likeness (QED) is 0.404. The molecular weight excluding hydrogens is 341 g/mol. The van der Waals surface area contributed by atoms with E-state index in [2.05, 4.69) is 43.1 Å². The van der Waals surface area contributed by atoms with Crippen molar-refractivity contribution in [2.75, 3.05) is 19.4 Å². The summed E-state index contributed by atoms with van der Waals surface area (Å²) in [5, 5.41) is 0.136. The highest BCUT2D eigenvalue weighted by Gasteiger charge is 2.12. The van der Waals surface area contributed by atoms with Gasteiger partial charge in [-0.15, -0.1) is 8.93 Å². The summed E-state index contributed by atoms with van der Waals surface area (Å²) in [5.74, 6) is 0. The molecule has 3 atom stereocenters. The Hall–Kier alpha value is 1.25. The van der Waals surface area contributed by atoms with Gasteiger partial charge in [0.1, 0.15) is 0 Å². The first kappa shape index (κ1) is 14.3. The first-order chi connectivity index (χ1) is 7.29. The zero-order valence-electron chi connectivity index (χ0n) is 8.90. The highest BCUT2D eigenvalue weighted by Crippen LogP contribution is 2.53. The molecule has 0 radical (unpaired) electrons. The minimum Gasteiger partial charge on any atom is -0.353 e. The lowest BCUT2D eigenvalue weighted by Crippen LogP contribution is -2.22. The second-order valence-electron chi connectivity index (χ2n) is 3.51. The first-order valence-electron chi connectivity index (χ1n) is 5.35. The lowest BCUT2D eigenvalue weighted by molar-refractivity contribution is -0.155. The zero-order valence-corrected chi connectivity index (χ0v) is 13.1. The molecule has 0 spiro atoms. The summed E-state index contributed by atoms with van der Waals surface area (Å²) in [6.45, 7) is 1.56. The van der Waals surface area contributed by atoms with Crippen molar-refractivity contribution in [3.05, 3.63) is 12.2 Å². The minimum absolute atomic E-state index is 0.0480. The average Bonchev–Trinajstić information content (AvgIpc) is 2.24. The van der Waals surface area contributed by atoms with Crippen LogP contribution in [-0.2, 0) is 9.47 Å². The molecule has 0 amide bonds. The van der Waals surface area contributed by atoms with Crippen LogP contribution in [0.2, 0.25) is 0 Å². The van der Waals surface area contributed by atoms with Crippen LogP contribution in [-0.4, -0.2) is 25.7 Å². The monoisotopic (exact) mass is 360 g/mol. The Morgan fingerprint density at radius 1 is 1.47 bits per heavy atom. The Morgan fingerprint density at radius 2 is 2.33 bits per heavy atom. The molecule has 1 aliphatic heterocycles. The lowest BCUT2D eigenvalue weighted by Gasteiger charge is -2.21. The van der Waals surface area contributed by atoms with Crippen molar-refractivity contribution in [1.82, 2.24) is 0 Å². The molecule has 1 rings (SSSR count). The normalized spacial score (nSPS) is 24.5. The van der Waals surface area contributed by atoms with E-state index in [0.29, 0.717) is 6.61 Å². The molecule has 0 N–H and O–H groups in total. The number of hydrogen-bond donors (Lipinski definition) is 0. The van der Waals surface area contributed by atoms with Crippen LogP contribution in [0, 0.1) is 0 Å². The summed E-state index contributed by atoms with van der Waals surface area (Å²) in [6.07, 6.45) is 10.3. The Morgan fingerprint density at radius 3 is 3.00 bits per heavy atom. The van der Waals surface area contributed by atoms with E-state index in [9.17, 15) is 0 Å². The molecule has 88 valence electrons. The maximum Gasteiger partial charge on any atom is 0.157 e.